The monoisotopic (exact) mass is 494 g/mol. The van der Waals surface area contributed by atoms with Crippen molar-refractivity contribution in [1.82, 2.24) is 9.78 Å². The standard InChI is InChI=1S/C34H26N2O2/c1-38-33(37)26-22-23-30-31(24-26)36(35-32(30)25-14-6-2-7-15-25)34(27-16-8-3-9-17-27,28-18-10-4-11-19-28)29-20-12-5-13-21-29/h2-24H,1H3. The molecule has 1 aromatic heterocycles. The lowest BCUT2D eigenvalue weighted by atomic mass is 9.77. The fraction of sp³-hybridized carbons (Fsp3) is 0.0588. The van der Waals surface area contributed by atoms with Gasteiger partial charge in [-0.1, -0.05) is 121 Å². The highest BCUT2D eigenvalue weighted by Crippen LogP contribution is 2.44. The Hall–Kier alpha value is -4.96. The number of fused-ring (bicyclic) bond motifs is 1. The van der Waals surface area contributed by atoms with Crippen LogP contribution in [0.25, 0.3) is 22.2 Å². The number of carbonyl (C=O) groups excluding carboxylic acids is 1. The van der Waals surface area contributed by atoms with Crippen LogP contribution >= 0.6 is 0 Å². The molecule has 0 aliphatic heterocycles. The summed E-state index contributed by atoms with van der Waals surface area (Å²) in [5.74, 6) is -0.384. The van der Waals surface area contributed by atoms with Crippen molar-refractivity contribution in [2.24, 2.45) is 0 Å². The normalized spacial score (nSPS) is 11.4. The van der Waals surface area contributed by atoms with Crippen molar-refractivity contribution < 1.29 is 9.53 Å². The molecule has 6 aromatic rings. The molecule has 0 aliphatic carbocycles. The fourth-order valence-electron chi connectivity index (χ4n) is 5.33. The van der Waals surface area contributed by atoms with Gasteiger partial charge in [0.1, 0.15) is 11.2 Å². The number of esters is 1. The summed E-state index contributed by atoms with van der Waals surface area (Å²) >= 11 is 0. The first-order chi connectivity index (χ1) is 18.7. The third kappa shape index (κ3) is 3.78. The largest absolute Gasteiger partial charge is 0.465 e. The zero-order valence-corrected chi connectivity index (χ0v) is 21.0. The molecule has 0 fully saturated rings. The van der Waals surface area contributed by atoms with E-state index in [0.717, 1.165) is 38.9 Å². The van der Waals surface area contributed by atoms with E-state index in [2.05, 4.69) is 89.6 Å². The number of benzene rings is 5. The van der Waals surface area contributed by atoms with Crippen LogP contribution < -0.4 is 0 Å². The Kier molecular flexibility index (Phi) is 6.06. The Bertz CT molecular complexity index is 1600. The smallest absolute Gasteiger partial charge is 0.337 e. The summed E-state index contributed by atoms with van der Waals surface area (Å²) in [6, 6.07) is 47.1. The topological polar surface area (TPSA) is 44.1 Å². The van der Waals surface area contributed by atoms with Crippen molar-refractivity contribution >= 4 is 16.9 Å². The molecule has 4 heteroatoms. The van der Waals surface area contributed by atoms with E-state index in [9.17, 15) is 4.79 Å². The van der Waals surface area contributed by atoms with Crippen LogP contribution in [0.3, 0.4) is 0 Å². The van der Waals surface area contributed by atoms with E-state index in [1.54, 1.807) is 0 Å². The molecule has 38 heavy (non-hydrogen) atoms. The van der Waals surface area contributed by atoms with Crippen molar-refractivity contribution in [1.29, 1.82) is 0 Å². The van der Waals surface area contributed by atoms with Gasteiger partial charge in [0.05, 0.1) is 18.2 Å². The number of aromatic nitrogens is 2. The molecule has 0 radical (unpaired) electrons. The molecular weight excluding hydrogens is 468 g/mol. The first-order valence-corrected chi connectivity index (χ1v) is 12.6. The Morgan fingerprint density at radius 2 is 1.13 bits per heavy atom. The lowest BCUT2D eigenvalue weighted by Gasteiger charge is -2.37. The van der Waals surface area contributed by atoms with Crippen LogP contribution in [0, 0.1) is 0 Å². The first-order valence-electron chi connectivity index (χ1n) is 12.6. The quantitative estimate of drug-likeness (QED) is 0.180. The maximum Gasteiger partial charge on any atom is 0.337 e. The minimum atomic E-state index is -0.816. The summed E-state index contributed by atoms with van der Waals surface area (Å²) in [5, 5.41) is 6.31. The highest BCUT2D eigenvalue weighted by atomic mass is 16.5. The van der Waals surface area contributed by atoms with Gasteiger partial charge < -0.3 is 4.74 Å². The van der Waals surface area contributed by atoms with Gasteiger partial charge in [0.15, 0.2) is 0 Å². The second-order valence-corrected chi connectivity index (χ2v) is 9.16. The average molecular weight is 495 g/mol. The van der Waals surface area contributed by atoms with Gasteiger partial charge in [0.2, 0.25) is 0 Å². The molecule has 184 valence electrons. The molecule has 6 rings (SSSR count). The van der Waals surface area contributed by atoms with Crippen LogP contribution in [0.2, 0.25) is 0 Å². The fourth-order valence-corrected chi connectivity index (χ4v) is 5.33. The van der Waals surface area contributed by atoms with E-state index in [1.165, 1.54) is 7.11 Å². The average Bonchev–Trinajstić information content (AvgIpc) is 3.38. The van der Waals surface area contributed by atoms with Crippen LogP contribution in [0.4, 0.5) is 0 Å². The van der Waals surface area contributed by atoms with Gasteiger partial charge in [-0.2, -0.15) is 5.10 Å². The van der Waals surface area contributed by atoms with Gasteiger partial charge >= 0.3 is 5.97 Å². The van der Waals surface area contributed by atoms with Crippen molar-refractivity contribution in [3.63, 3.8) is 0 Å². The summed E-state index contributed by atoms with van der Waals surface area (Å²) in [6.45, 7) is 0. The van der Waals surface area contributed by atoms with Gasteiger partial charge in [0.25, 0.3) is 0 Å². The summed E-state index contributed by atoms with van der Waals surface area (Å²) in [6.07, 6.45) is 0. The molecule has 0 bridgehead atoms. The predicted molar refractivity (Wildman–Crippen MR) is 151 cm³/mol. The van der Waals surface area contributed by atoms with Gasteiger partial charge in [-0.15, -0.1) is 0 Å². The van der Waals surface area contributed by atoms with Crippen molar-refractivity contribution in [2.45, 2.75) is 5.54 Å². The molecule has 5 aromatic carbocycles. The molecule has 0 spiro atoms. The number of ether oxygens (including phenoxy) is 1. The van der Waals surface area contributed by atoms with Crippen molar-refractivity contribution in [3.05, 3.63) is 162 Å². The van der Waals surface area contributed by atoms with Crippen LogP contribution in [0.15, 0.2) is 140 Å². The molecule has 0 aliphatic rings. The SMILES string of the molecule is COC(=O)c1ccc2c(-c3ccccc3)nn(C(c3ccccc3)(c3ccccc3)c3ccccc3)c2c1. The van der Waals surface area contributed by atoms with Crippen molar-refractivity contribution in [2.75, 3.05) is 7.11 Å². The Labute approximate surface area is 221 Å². The molecule has 0 N–H and O–H groups in total. The molecule has 0 amide bonds. The van der Waals surface area contributed by atoms with Crippen LogP contribution in [-0.2, 0) is 10.3 Å². The summed E-state index contributed by atoms with van der Waals surface area (Å²) in [4.78, 5) is 12.7. The lowest BCUT2D eigenvalue weighted by Crippen LogP contribution is -2.38. The van der Waals surface area contributed by atoms with E-state index in [1.807, 2.05) is 54.6 Å². The number of methoxy groups -OCH3 is 1. The molecule has 4 nitrogen and oxygen atoms in total. The van der Waals surface area contributed by atoms with E-state index in [0.29, 0.717) is 5.56 Å². The van der Waals surface area contributed by atoms with Gasteiger partial charge in [0, 0.05) is 10.9 Å². The number of rotatable bonds is 6. The van der Waals surface area contributed by atoms with Gasteiger partial charge in [-0.25, -0.2) is 9.48 Å². The minimum Gasteiger partial charge on any atom is -0.465 e. The number of nitrogens with zero attached hydrogens (tertiary/aromatic N) is 2. The molecule has 0 unspecified atom stereocenters. The third-order valence-corrected chi connectivity index (χ3v) is 7.04. The second kappa shape index (κ2) is 9.83. The zero-order valence-electron chi connectivity index (χ0n) is 21.0. The predicted octanol–water partition coefficient (Wildman–Crippen LogP) is 7.33. The van der Waals surface area contributed by atoms with E-state index in [-0.39, 0.29) is 5.97 Å². The number of hydrogen-bond acceptors (Lipinski definition) is 3. The van der Waals surface area contributed by atoms with Crippen LogP contribution in [0.1, 0.15) is 27.0 Å². The summed E-state index contributed by atoms with van der Waals surface area (Å²) in [5.41, 5.74) is 5.53. The molecule has 0 atom stereocenters. The number of carbonyl (C=O) groups is 1. The van der Waals surface area contributed by atoms with Crippen LogP contribution in [0.5, 0.6) is 0 Å². The Morgan fingerprint density at radius 1 is 0.658 bits per heavy atom. The Morgan fingerprint density at radius 3 is 1.61 bits per heavy atom. The molecule has 0 saturated heterocycles. The van der Waals surface area contributed by atoms with Crippen LogP contribution in [-0.4, -0.2) is 22.9 Å². The summed E-state index contributed by atoms with van der Waals surface area (Å²) in [7, 11) is 1.40. The third-order valence-electron chi connectivity index (χ3n) is 7.04. The molecular formula is C34H26N2O2. The highest BCUT2D eigenvalue weighted by molar-refractivity contribution is 5.99. The molecule has 0 saturated carbocycles. The zero-order chi connectivity index (χ0) is 26.0. The number of hydrogen-bond donors (Lipinski definition) is 0. The van der Waals surface area contributed by atoms with E-state index in [4.69, 9.17) is 9.84 Å². The molecule has 1 heterocycles. The highest BCUT2D eigenvalue weighted by Gasteiger charge is 2.41. The lowest BCUT2D eigenvalue weighted by molar-refractivity contribution is 0.0601. The van der Waals surface area contributed by atoms with E-state index >= 15 is 0 Å². The van der Waals surface area contributed by atoms with E-state index < -0.39 is 5.54 Å². The summed E-state index contributed by atoms with van der Waals surface area (Å²) < 4.78 is 7.17. The van der Waals surface area contributed by atoms with Crippen molar-refractivity contribution in [3.8, 4) is 11.3 Å². The maximum absolute atomic E-state index is 12.7. The Balaban J connectivity index is 1.80. The maximum atomic E-state index is 12.7. The van der Waals surface area contributed by atoms with Gasteiger partial charge in [-0.3, -0.25) is 0 Å². The first kappa shape index (κ1) is 23.4. The van der Waals surface area contributed by atoms with Gasteiger partial charge in [-0.05, 0) is 34.9 Å². The second-order valence-electron chi connectivity index (χ2n) is 9.16. The minimum absolute atomic E-state index is 0.384.